The molecule has 0 spiro atoms. The van der Waals surface area contributed by atoms with Crippen LogP contribution < -0.4 is 14.8 Å². The van der Waals surface area contributed by atoms with Gasteiger partial charge in [0.2, 0.25) is 0 Å². The number of hydrogen-bond acceptors (Lipinski definition) is 4. The van der Waals surface area contributed by atoms with Crippen LogP contribution in [0.1, 0.15) is 15.9 Å². The Kier molecular flexibility index (Phi) is 7.84. The molecule has 0 aliphatic carbocycles. The summed E-state index contributed by atoms with van der Waals surface area (Å²) >= 11 is 3.40. The number of anilines is 2. The van der Waals surface area contributed by atoms with Crippen LogP contribution in [0.2, 0.25) is 0 Å². The standard InChI is InChI=1S/C27H23BrN2O4S/c28-21-11-16-26(34-18-17-20-7-3-1-4-8-20)25(19-21)27(31)29-22-12-14-24(15-13-22)35(32,33)30-23-9-5-2-6-10-23/h1-16,19,30H,17-18H2,(H,29,31). The van der Waals surface area contributed by atoms with E-state index < -0.39 is 10.0 Å². The smallest absolute Gasteiger partial charge is 0.261 e. The SMILES string of the molecule is O=C(Nc1ccc(S(=O)(=O)Nc2ccccc2)cc1)c1cc(Br)ccc1OCCc1ccccc1. The van der Waals surface area contributed by atoms with Crippen molar-refractivity contribution in [2.24, 2.45) is 0 Å². The molecule has 0 atom stereocenters. The number of nitrogens with one attached hydrogen (secondary N) is 2. The summed E-state index contributed by atoms with van der Waals surface area (Å²) in [5.41, 5.74) is 2.45. The molecule has 178 valence electrons. The summed E-state index contributed by atoms with van der Waals surface area (Å²) in [6, 6.07) is 29.8. The van der Waals surface area contributed by atoms with E-state index in [2.05, 4.69) is 26.0 Å². The Bertz CT molecular complexity index is 1390. The van der Waals surface area contributed by atoms with E-state index in [0.29, 0.717) is 35.7 Å². The van der Waals surface area contributed by atoms with Gasteiger partial charge < -0.3 is 10.1 Å². The molecule has 0 aliphatic rings. The maximum absolute atomic E-state index is 13.0. The number of amides is 1. The Morgan fingerprint density at radius 3 is 2.14 bits per heavy atom. The third kappa shape index (κ3) is 6.71. The van der Waals surface area contributed by atoms with Gasteiger partial charge in [0.25, 0.3) is 15.9 Å². The number of carbonyl (C=O) groups excluding carboxylic acids is 1. The molecule has 35 heavy (non-hydrogen) atoms. The molecule has 4 aromatic carbocycles. The van der Waals surface area contributed by atoms with E-state index in [9.17, 15) is 13.2 Å². The molecule has 1 amide bonds. The second-order valence-electron chi connectivity index (χ2n) is 7.67. The highest BCUT2D eigenvalue weighted by molar-refractivity contribution is 9.10. The van der Waals surface area contributed by atoms with Crippen molar-refractivity contribution in [2.75, 3.05) is 16.6 Å². The first-order chi connectivity index (χ1) is 16.9. The largest absolute Gasteiger partial charge is 0.492 e. The number of rotatable bonds is 9. The van der Waals surface area contributed by atoms with E-state index in [1.54, 1.807) is 54.6 Å². The van der Waals surface area contributed by atoms with Crippen LogP contribution in [0.5, 0.6) is 5.75 Å². The number of para-hydroxylation sites is 1. The van der Waals surface area contributed by atoms with Crippen molar-refractivity contribution < 1.29 is 17.9 Å². The van der Waals surface area contributed by atoms with Crippen molar-refractivity contribution in [3.8, 4) is 5.75 Å². The van der Waals surface area contributed by atoms with Crippen molar-refractivity contribution >= 4 is 43.2 Å². The summed E-state index contributed by atoms with van der Waals surface area (Å²) in [6.07, 6.45) is 0.713. The van der Waals surface area contributed by atoms with Crippen molar-refractivity contribution in [1.82, 2.24) is 0 Å². The number of carbonyl (C=O) groups is 1. The first-order valence-electron chi connectivity index (χ1n) is 10.9. The van der Waals surface area contributed by atoms with Gasteiger partial charge in [-0.15, -0.1) is 0 Å². The first kappa shape index (κ1) is 24.5. The van der Waals surface area contributed by atoms with Gasteiger partial charge >= 0.3 is 0 Å². The third-order valence-electron chi connectivity index (χ3n) is 5.13. The molecule has 4 rings (SSSR count). The molecule has 0 radical (unpaired) electrons. The highest BCUT2D eigenvalue weighted by Crippen LogP contribution is 2.25. The molecular formula is C27H23BrN2O4S. The summed E-state index contributed by atoms with van der Waals surface area (Å²) in [5.74, 6) is 0.104. The highest BCUT2D eigenvalue weighted by Gasteiger charge is 2.16. The molecular weight excluding hydrogens is 528 g/mol. The lowest BCUT2D eigenvalue weighted by molar-refractivity contribution is 0.102. The van der Waals surface area contributed by atoms with Crippen molar-refractivity contribution in [3.63, 3.8) is 0 Å². The molecule has 0 saturated heterocycles. The van der Waals surface area contributed by atoms with Crippen LogP contribution in [0, 0.1) is 0 Å². The van der Waals surface area contributed by atoms with Crippen LogP contribution in [-0.2, 0) is 16.4 Å². The zero-order chi connectivity index (χ0) is 24.7. The molecule has 8 heteroatoms. The van der Waals surface area contributed by atoms with E-state index in [-0.39, 0.29) is 10.8 Å². The maximum atomic E-state index is 13.0. The minimum atomic E-state index is -3.75. The fourth-order valence-electron chi connectivity index (χ4n) is 3.37. The number of benzene rings is 4. The lowest BCUT2D eigenvalue weighted by atomic mass is 10.1. The lowest BCUT2D eigenvalue weighted by Gasteiger charge is -2.13. The van der Waals surface area contributed by atoms with E-state index in [4.69, 9.17) is 4.74 Å². The Labute approximate surface area is 213 Å². The molecule has 0 aliphatic heterocycles. The Balaban J connectivity index is 1.43. The number of sulfonamides is 1. The van der Waals surface area contributed by atoms with Crippen molar-refractivity contribution in [3.05, 3.63) is 119 Å². The second-order valence-corrected chi connectivity index (χ2v) is 10.3. The summed E-state index contributed by atoms with van der Waals surface area (Å²) in [4.78, 5) is 13.1. The van der Waals surface area contributed by atoms with Gasteiger partial charge in [-0.1, -0.05) is 64.5 Å². The summed E-state index contributed by atoms with van der Waals surface area (Å²) in [5, 5.41) is 2.81. The average molecular weight is 551 g/mol. The molecule has 0 aromatic heterocycles. The Morgan fingerprint density at radius 1 is 0.800 bits per heavy atom. The zero-order valence-electron chi connectivity index (χ0n) is 18.6. The van der Waals surface area contributed by atoms with Gasteiger partial charge in [0.15, 0.2) is 0 Å². The third-order valence-corrected chi connectivity index (χ3v) is 7.02. The molecule has 0 fully saturated rings. The van der Waals surface area contributed by atoms with Crippen LogP contribution in [-0.4, -0.2) is 20.9 Å². The average Bonchev–Trinajstić information content (AvgIpc) is 2.86. The molecule has 0 bridgehead atoms. The van der Waals surface area contributed by atoms with Gasteiger partial charge in [-0.2, -0.15) is 0 Å². The maximum Gasteiger partial charge on any atom is 0.261 e. The van der Waals surface area contributed by atoms with Gasteiger partial charge in [-0.05, 0) is 60.2 Å². The minimum absolute atomic E-state index is 0.0896. The zero-order valence-corrected chi connectivity index (χ0v) is 21.1. The van der Waals surface area contributed by atoms with E-state index >= 15 is 0 Å². The van der Waals surface area contributed by atoms with Crippen LogP contribution in [0.15, 0.2) is 112 Å². The van der Waals surface area contributed by atoms with Crippen LogP contribution >= 0.6 is 15.9 Å². The molecule has 0 unspecified atom stereocenters. The van der Waals surface area contributed by atoms with E-state index in [1.807, 2.05) is 36.4 Å². The summed E-state index contributed by atoms with van der Waals surface area (Å²) in [6.45, 7) is 0.424. The number of ether oxygens (including phenoxy) is 1. The molecule has 0 heterocycles. The van der Waals surface area contributed by atoms with Gasteiger partial charge in [0.05, 0.1) is 17.1 Å². The van der Waals surface area contributed by atoms with Gasteiger partial charge in [-0.25, -0.2) is 8.42 Å². The fraction of sp³-hybridized carbons (Fsp3) is 0.0741. The van der Waals surface area contributed by atoms with Crippen LogP contribution in [0.4, 0.5) is 11.4 Å². The number of hydrogen-bond donors (Lipinski definition) is 2. The number of halogens is 1. The van der Waals surface area contributed by atoms with Gasteiger partial charge in [0, 0.05) is 22.3 Å². The summed E-state index contributed by atoms with van der Waals surface area (Å²) in [7, 11) is -3.75. The summed E-state index contributed by atoms with van der Waals surface area (Å²) < 4.78 is 34.4. The topological polar surface area (TPSA) is 84.5 Å². The first-order valence-corrected chi connectivity index (χ1v) is 13.1. The highest BCUT2D eigenvalue weighted by atomic mass is 79.9. The lowest BCUT2D eigenvalue weighted by Crippen LogP contribution is -2.15. The van der Waals surface area contributed by atoms with E-state index in [0.717, 1.165) is 10.0 Å². The van der Waals surface area contributed by atoms with Crippen LogP contribution in [0.25, 0.3) is 0 Å². The Hall–Kier alpha value is -3.62. The normalized spacial score (nSPS) is 11.0. The predicted octanol–water partition coefficient (Wildman–Crippen LogP) is 6.12. The Morgan fingerprint density at radius 2 is 1.46 bits per heavy atom. The van der Waals surface area contributed by atoms with E-state index in [1.165, 1.54) is 12.1 Å². The van der Waals surface area contributed by atoms with Gasteiger partial charge in [-0.3, -0.25) is 9.52 Å². The molecule has 2 N–H and O–H groups in total. The molecule has 4 aromatic rings. The second kappa shape index (κ2) is 11.2. The molecule has 0 saturated carbocycles. The predicted molar refractivity (Wildman–Crippen MR) is 141 cm³/mol. The monoisotopic (exact) mass is 550 g/mol. The van der Waals surface area contributed by atoms with Crippen molar-refractivity contribution in [2.45, 2.75) is 11.3 Å². The van der Waals surface area contributed by atoms with Crippen LogP contribution in [0.3, 0.4) is 0 Å². The fourth-order valence-corrected chi connectivity index (χ4v) is 4.78. The minimum Gasteiger partial charge on any atom is -0.492 e. The van der Waals surface area contributed by atoms with Gasteiger partial charge in [0.1, 0.15) is 5.75 Å². The molecule has 6 nitrogen and oxygen atoms in total. The quantitative estimate of drug-likeness (QED) is 0.262. The van der Waals surface area contributed by atoms with Crippen molar-refractivity contribution in [1.29, 1.82) is 0 Å².